The van der Waals surface area contributed by atoms with Gasteiger partial charge in [-0.1, -0.05) is 23.2 Å². The topological polar surface area (TPSA) is 64.9 Å². The lowest BCUT2D eigenvalue weighted by Gasteiger charge is -2.10. The van der Waals surface area contributed by atoms with Crippen LogP contribution in [0.2, 0.25) is 10.0 Å². The van der Waals surface area contributed by atoms with Crippen molar-refractivity contribution in [1.82, 2.24) is 5.32 Å². The van der Waals surface area contributed by atoms with E-state index in [1.165, 1.54) is 0 Å². The van der Waals surface area contributed by atoms with Crippen LogP contribution in [0.5, 0.6) is 0 Å². The maximum absolute atomic E-state index is 11.4. The number of amides is 1. The molecule has 0 atom stereocenters. The molecule has 96 valence electrons. The predicted molar refractivity (Wildman–Crippen MR) is 72.9 cm³/mol. The Kier molecular flexibility index (Phi) is 5.76. The molecule has 18 heavy (non-hydrogen) atoms. The van der Waals surface area contributed by atoms with E-state index in [9.17, 15) is 4.79 Å². The average Bonchev–Trinajstić information content (AvgIpc) is 2.32. The van der Waals surface area contributed by atoms with Crippen molar-refractivity contribution >= 4 is 34.8 Å². The van der Waals surface area contributed by atoms with E-state index in [4.69, 9.17) is 28.5 Å². The zero-order valence-corrected chi connectivity index (χ0v) is 11.4. The first-order valence-electron chi connectivity index (χ1n) is 5.37. The van der Waals surface area contributed by atoms with Crippen LogP contribution in [0.4, 0.5) is 5.69 Å². The molecule has 0 radical (unpaired) electrons. The number of anilines is 1. The van der Waals surface area contributed by atoms with Crippen molar-refractivity contribution in [2.45, 2.75) is 13.3 Å². The number of benzene rings is 1. The van der Waals surface area contributed by atoms with Crippen molar-refractivity contribution < 1.29 is 4.79 Å². The zero-order chi connectivity index (χ0) is 13.5. The molecule has 0 heterocycles. The second kappa shape index (κ2) is 7.10. The summed E-state index contributed by atoms with van der Waals surface area (Å²) in [7, 11) is 0. The molecule has 1 aromatic carbocycles. The van der Waals surface area contributed by atoms with Gasteiger partial charge in [0.05, 0.1) is 29.7 Å². The molecule has 0 spiro atoms. The number of carbonyl (C=O) groups excluding carboxylic acids is 1. The lowest BCUT2D eigenvalue weighted by molar-refractivity contribution is -0.119. The molecule has 6 heteroatoms. The van der Waals surface area contributed by atoms with Crippen molar-refractivity contribution in [3.05, 3.63) is 27.7 Å². The third kappa shape index (κ3) is 4.44. The number of hydrogen-bond donors (Lipinski definition) is 2. The lowest BCUT2D eigenvalue weighted by atomic mass is 10.2. The maximum Gasteiger partial charge on any atom is 0.239 e. The van der Waals surface area contributed by atoms with E-state index in [1.807, 2.05) is 13.0 Å². The van der Waals surface area contributed by atoms with E-state index in [-0.39, 0.29) is 12.5 Å². The van der Waals surface area contributed by atoms with Gasteiger partial charge in [0.2, 0.25) is 5.91 Å². The minimum Gasteiger partial charge on any atom is -0.375 e. The molecular weight excluding hydrogens is 273 g/mol. The van der Waals surface area contributed by atoms with E-state index in [0.29, 0.717) is 28.7 Å². The monoisotopic (exact) mass is 285 g/mol. The van der Waals surface area contributed by atoms with Gasteiger partial charge in [0.25, 0.3) is 0 Å². The fourth-order valence-electron chi connectivity index (χ4n) is 1.28. The van der Waals surface area contributed by atoms with Crippen molar-refractivity contribution in [3.8, 4) is 6.07 Å². The highest BCUT2D eigenvalue weighted by molar-refractivity contribution is 6.35. The number of hydrogen-bond acceptors (Lipinski definition) is 3. The maximum atomic E-state index is 11.4. The van der Waals surface area contributed by atoms with Crippen LogP contribution in [0, 0.1) is 18.3 Å². The minimum atomic E-state index is -0.196. The summed E-state index contributed by atoms with van der Waals surface area (Å²) >= 11 is 12.0. The van der Waals surface area contributed by atoms with Gasteiger partial charge in [-0.25, -0.2) is 0 Å². The Morgan fingerprint density at radius 1 is 1.39 bits per heavy atom. The third-order valence-electron chi connectivity index (χ3n) is 2.25. The van der Waals surface area contributed by atoms with Crippen molar-refractivity contribution in [2.24, 2.45) is 0 Å². The van der Waals surface area contributed by atoms with E-state index >= 15 is 0 Å². The molecular formula is C12H13Cl2N3O. The minimum absolute atomic E-state index is 0.0878. The normalized spacial score (nSPS) is 9.67. The second-order valence-electron chi connectivity index (χ2n) is 3.69. The molecule has 0 aromatic heterocycles. The molecule has 0 bridgehead atoms. The van der Waals surface area contributed by atoms with E-state index in [1.54, 1.807) is 12.1 Å². The summed E-state index contributed by atoms with van der Waals surface area (Å²) in [6.45, 7) is 2.29. The van der Waals surface area contributed by atoms with Gasteiger partial charge in [-0.05, 0) is 24.6 Å². The highest BCUT2D eigenvalue weighted by Gasteiger charge is 2.06. The van der Waals surface area contributed by atoms with Crippen molar-refractivity contribution in [2.75, 3.05) is 18.4 Å². The number of carbonyl (C=O) groups is 1. The molecule has 4 nitrogen and oxygen atoms in total. The Morgan fingerprint density at radius 3 is 2.78 bits per heavy atom. The van der Waals surface area contributed by atoms with Crippen LogP contribution in [-0.2, 0) is 4.79 Å². The van der Waals surface area contributed by atoms with Gasteiger partial charge in [0, 0.05) is 11.6 Å². The average molecular weight is 286 g/mol. The number of aryl methyl sites for hydroxylation is 1. The van der Waals surface area contributed by atoms with Gasteiger partial charge in [-0.2, -0.15) is 5.26 Å². The molecule has 1 rings (SSSR count). The van der Waals surface area contributed by atoms with Crippen LogP contribution in [0.15, 0.2) is 12.1 Å². The highest BCUT2D eigenvalue weighted by atomic mass is 35.5. The lowest BCUT2D eigenvalue weighted by Crippen LogP contribution is -2.30. The Balaban J connectivity index is 2.51. The molecule has 0 aliphatic heterocycles. The smallest absolute Gasteiger partial charge is 0.239 e. The molecule has 0 saturated heterocycles. The molecule has 0 saturated carbocycles. The van der Waals surface area contributed by atoms with Gasteiger partial charge in [0.15, 0.2) is 0 Å². The summed E-state index contributed by atoms with van der Waals surface area (Å²) in [6, 6.07) is 5.36. The van der Waals surface area contributed by atoms with Gasteiger partial charge in [-0.15, -0.1) is 0 Å². The summed E-state index contributed by atoms with van der Waals surface area (Å²) in [5.41, 5.74) is 1.49. The quantitative estimate of drug-likeness (QED) is 0.818. The predicted octanol–water partition coefficient (Wildman–Crippen LogP) is 2.74. The number of rotatable bonds is 5. The number of halogens is 2. The SMILES string of the molecule is Cc1cc(Cl)c(NCC(=O)NCCC#N)cc1Cl. The Labute approximate surface area is 116 Å². The summed E-state index contributed by atoms with van der Waals surface area (Å²) in [5, 5.41) is 14.9. The largest absolute Gasteiger partial charge is 0.375 e. The Morgan fingerprint density at radius 2 is 2.11 bits per heavy atom. The van der Waals surface area contributed by atoms with Gasteiger partial charge >= 0.3 is 0 Å². The first-order chi connectivity index (χ1) is 8.54. The summed E-state index contributed by atoms with van der Waals surface area (Å²) in [4.78, 5) is 11.4. The zero-order valence-electron chi connectivity index (χ0n) is 9.89. The number of nitrogens with one attached hydrogen (secondary N) is 2. The Bertz CT molecular complexity index is 483. The van der Waals surface area contributed by atoms with Crippen LogP contribution in [0.25, 0.3) is 0 Å². The van der Waals surface area contributed by atoms with Gasteiger partial charge in [-0.3, -0.25) is 4.79 Å². The van der Waals surface area contributed by atoms with E-state index in [2.05, 4.69) is 10.6 Å². The van der Waals surface area contributed by atoms with Crippen LogP contribution < -0.4 is 10.6 Å². The van der Waals surface area contributed by atoms with Gasteiger partial charge in [0.1, 0.15) is 0 Å². The molecule has 0 unspecified atom stereocenters. The van der Waals surface area contributed by atoms with Crippen molar-refractivity contribution in [3.63, 3.8) is 0 Å². The molecule has 0 fully saturated rings. The van der Waals surface area contributed by atoms with Crippen LogP contribution >= 0.6 is 23.2 Å². The van der Waals surface area contributed by atoms with Crippen LogP contribution in [0.3, 0.4) is 0 Å². The Hall–Kier alpha value is -1.44. The summed E-state index contributed by atoms with van der Waals surface area (Å²) in [5.74, 6) is -0.196. The number of nitrogens with zero attached hydrogens (tertiary/aromatic N) is 1. The fraction of sp³-hybridized carbons (Fsp3) is 0.333. The first-order valence-corrected chi connectivity index (χ1v) is 6.13. The molecule has 1 amide bonds. The van der Waals surface area contributed by atoms with Crippen molar-refractivity contribution in [1.29, 1.82) is 5.26 Å². The molecule has 0 aliphatic rings. The van der Waals surface area contributed by atoms with E-state index in [0.717, 1.165) is 5.56 Å². The molecule has 1 aromatic rings. The second-order valence-corrected chi connectivity index (χ2v) is 4.51. The molecule has 2 N–H and O–H groups in total. The fourth-order valence-corrected chi connectivity index (χ4v) is 1.73. The third-order valence-corrected chi connectivity index (χ3v) is 2.97. The number of nitriles is 1. The first kappa shape index (κ1) is 14.6. The summed E-state index contributed by atoms with van der Waals surface area (Å²) in [6.07, 6.45) is 0.295. The highest BCUT2D eigenvalue weighted by Crippen LogP contribution is 2.28. The van der Waals surface area contributed by atoms with Crippen LogP contribution in [0.1, 0.15) is 12.0 Å². The van der Waals surface area contributed by atoms with Gasteiger partial charge < -0.3 is 10.6 Å². The molecule has 0 aliphatic carbocycles. The van der Waals surface area contributed by atoms with Crippen LogP contribution in [-0.4, -0.2) is 19.0 Å². The van der Waals surface area contributed by atoms with E-state index < -0.39 is 0 Å². The summed E-state index contributed by atoms with van der Waals surface area (Å²) < 4.78 is 0. The standard InChI is InChI=1S/C12H13Cl2N3O/c1-8-5-10(14)11(6-9(8)13)17-7-12(18)16-4-2-3-15/h5-6,17H,2,4,7H2,1H3,(H,16,18).